The van der Waals surface area contributed by atoms with Crippen LogP contribution in [0.4, 0.5) is 5.69 Å². The van der Waals surface area contributed by atoms with E-state index in [4.69, 9.17) is 11.6 Å². The number of hydrogen-bond donors (Lipinski definition) is 2. The highest BCUT2D eigenvalue weighted by atomic mass is 35.5. The van der Waals surface area contributed by atoms with E-state index in [0.29, 0.717) is 11.6 Å². The lowest BCUT2D eigenvalue weighted by Crippen LogP contribution is -2.35. The van der Waals surface area contributed by atoms with Crippen LogP contribution in [-0.4, -0.2) is 11.8 Å². The molecule has 0 aliphatic heterocycles. The zero-order valence-corrected chi connectivity index (χ0v) is 16.3. The van der Waals surface area contributed by atoms with Crippen LogP contribution in [0.15, 0.2) is 48.5 Å². The zero-order chi connectivity index (χ0) is 19.2. The van der Waals surface area contributed by atoms with Gasteiger partial charge in [-0.3, -0.25) is 9.59 Å². The van der Waals surface area contributed by atoms with Crippen LogP contribution in [0, 0.1) is 18.8 Å². The predicted octanol–water partition coefficient (Wildman–Crippen LogP) is 4.71. The van der Waals surface area contributed by atoms with Crippen molar-refractivity contribution in [1.82, 2.24) is 5.32 Å². The maximum atomic E-state index is 12.5. The molecule has 3 rings (SSSR count). The molecule has 0 saturated heterocycles. The molecule has 0 spiro atoms. The Balaban J connectivity index is 1.45. The molecule has 142 valence electrons. The number of carbonyl (C=O) groups is 2. The summed E-state index contributed by atoms with van der Waals surface area (Å²) >= 11 is 5.87. The van der Waals surface area contributed by atoms with Gasteiger partial charge in [0.05, 0.1) is 0 Å². The van der Waals surface area contributed by atoms with Crippen molar-refractivity contribution in [3.05, 3.63) is 64.7 Å². The van der Waals surface area contributed by atoms with E-state index in [2.05, 4.69) is 10.6 Å². The molecule has 0 aromatic heterocycles. The molecule has 2 aromatic rings. The number of amides is 2. The molecule has 0 atom stereocenters. The van der Waals surface area contributed by atoms with Crippen molar-refractivity contribution in [3.63, 3.8) is 0 Å². The molecule has 0 unspecified atom stereocenters. The third-order valence-corrected chi connectivity index (χ3v) is 5.50. The van der Waals surface area contributed by atoms with Crippen molar-refractivity contribution in [2.24, 2.45) is 11.8 Å². The standard InChI is InChI=1S/C22H25ClN2O2/c1-15-4-2-3-5-20(15)25-22(27)18-10-8-17(9-11-18)21(26)24-14-16-6-12-19(23)13-7-16/h2-7,12-13,17-18H,8-11,14H2,1H3,(H,24,26)(H,25,27). The summed E-state index contributed by atoms with van der Waals surface area (Å²) in [5.74, 6) is 0.0942. The topological polar surface area (TPSA) is 58.2 Å². The molecule has 1 fully saturated rings. The van der Waals surface area contributed by atoms with Gasteiger partial charge in [-0.1, -0.05) is 41.9 Å². The third-order valence-electron chi connectivity index (χ3n) is 5.25. The fourth-order valence-electron chi connectivity index (χ4n) is 3.50. The largest absolute Gasteiger partial charge is 0.352 e. The van der Waals surface area contributed by atoms with Crippen LogP contribution in [0.2, 0.25) is 5.02 Å². The van der Waals surface area contributed by atoms with Crippen LogP contribution >= 0.6 is 11.6 Å². The molecule has 2 N–H and O–H groups in total. The molecular weight excluding hydrogens is 360 g/mol. The molecule has 2 amide bonds. The highest BCUT2D eigenvalue weighted by Gasteiger charge is 2.30. The van der Waals surface area contributed by atoms with Crippen molar-refractivity contribution in [2.45, 2.75) is 39.2 Å². The van der Waals surface area contributed by atoms with Gasteiger partial charge in [-0.2, -0.15) is 0 Å². The van der Waals surface area contributed by atoms with Gasteiger partial charge >= 0.3 is 0 Å². The number of para-hydroxylation sites is 1. The Hall–Kier alpha value is -2.33. The lowest BCUT2D eigenvalue weighted by molar-refractivity contribution is -0.128. The summed E-state index contributed by atoms with van der Waals surface area (Å²) in [6.07, 6.45) is 2.99. The Kier molecular flexibility index (Phi) is 6.51. The summed E-state index contributed by atoms with van der Waals surface area (Å²) in [6, 6.07) is 15.2. The Labute approximate surface area is 165 Å². The number of carbonyl (C=O) groups excluding carboxylic acids is 2. The van der Waals surface area contributed by atoms with E-state index in [9.17, 15) is 9.59 Å². The summed E-state index contributed by atoms with van der Waals surface area (Å²) in [5, 5.41) is 6.71. The van der Waals surface area contributed by atoms with Gasteiger partial charge in [-0.05, 0) is 61.9 Å². The van der Waals surface area contributed by atoms with Gasteiger partial charge in [-0.25, -0.2) is 0 Å². The number of halogens is 1. The fourth-order valence-corrected chi connectivity index (χ4v) is 3.63. The normalized spacial score (nSPS) is 19.3. The van der Waals surface area contributed by atoms with Gasteiger partial charge in [0.15, 0.2) is 0 Å². The fraction of sp³-hybridized carbons (Fsp3) is 0.364. The molecule has 5 heteroatoms. The summed E-state index contributed by atoms with van der Waals surface area (Å²) in [5.41, 5.74) is 2.95. The number of rotatable bonds is 5. The van der Waals surface area contributed by atoms with E-state index in [1.165, 1.54) is 0 Å². The monoisotopic (exact) mass is 384 g/mol. The second-order valence-electron chi connectivity index (χ2n) is 7.20. The number of anilines is 1. The van der Waals surface area contributed by atoms with Crippen LogP contribution in [0.3, 0.4) is 0 Å². The molecule has 0 heterocycles. The van der Waals surface area contributed by atoms with Gasteiger partial charge in [0.1, 0.15) is 0 Å². The molecule has 1 aliphatic carbocycles. The van der Waals surface area contributed by atoms with Crippen LogP contribution in [0.5, 0.6) is 0 Å². The van der Waals surface area contributed by atoms with Crippen molar-refractivity contribution in [2.75, 3.05) is 5.32 Å². The number of hydrogen-bond acceptors (Lipinski definition) is 2. The smallest absolute Gasteiger partial charge is 0.227 e. The molecule has 2 aromatic carbocycles. The predicted molar refractivity (Wildman–Crippen MR) is 109 cm³/mol. The molecule has 0 radical (unpaired) electrons. The molecule has 0 bridgehead atoms. The Morgan fingerprint density at radius 2 is 1.52 bits per heavy atom. The lowest BCUT2D eigenvalue weighted by Gasteiger charge is -2.27. The minimum atomic E-state index is -0.0232. The van der Waals surface area contributed by atoms with Crippen LogP contribution in [-0.2, 0) is 16.1 Å². The number of aryl methyl sites for hydroxylation is 1. The van der Waals surface area contributed by atoms with Crippen molar-refractivity contribution < 1.29 is 9.59 Å². The van der Waals surface area contributed by atoms with Gasteiger partial charge in [0.2, 0.25) is 11.8 Å². The third kappa shape index (κ3) is 5.33. The molecule has 1 saturated carbocycles. The average Bonchev–Trinajstić information content (AvgIpc) is 2.69. The highest BCUT2D eigenvalue weighted by Crippen LogP contribution is 2.30. The van der Waals surface area contributed by atoms with Crippen LogP contribution in [0.1, 0.15) is 36.8 Å². The zero-order valence-electron chi connectivity index (χ0n) is 15.5. The second kappa shape index (κ2) is 9.05. The SMILES string of the molecule is Cc1ccccc1NC(=O)C1CCC(C(=O)NCc2ccc(Cl)cc2)CC1. The first-order valence-corrected chi connectivity index (χ1v) is 9.79. The van der Waals surface area contributed by atoms with Gasteiger partial charge in [0, 0.05) is 29.1 Å². The molecule has 4 nitrogen and oxygen atoms in total. The van der Waals surface area contributed by atoms with E-state index in [1.807, 2.05) is 55.5 Å². The van der Waals surface area contributed by atoms with Gasteiger partial charge in [0.25, 0.3) is 0 Å². The first-order chi connectivity index (χ1) is 13.0. The summed E-state index contributed by atoms with van der Waals surface area (Å²) in [6.45, 7) is 2.49. The van der Waals surface area contributed by atoms with E-state index < -0.39 is 0 Å². The number of nitrogens with one attached hydrogen (secondary N) is 2. The van der Waals surface area contributed by atoms with Gasteiger partial charge < -0.3 is 10.6 Å². The minimum absolute atomic E-state index is 0.0141. The second-order valence-corrected chi connectivity index (χ2v) is 7.63. The highest BCUT2D eigenvalue weighted by molar-refractivity contribution is 6.30. The maximum absolute atomic E-state index is 12.5. The maximum Gasteiger partial charge on any atom is 0.227 e. The summed E-state index contributed by atoms with van der Waals surface area (Å²) in [7, 11) is 0. The molecule has 27 heavy (non-hydrogen) atoms. The Bertz CT molecular complexity index is 796. The summed E-state index contributed by atoms with van der Waals surface area (Å²) < 4.78 is 0. The summed E-state index contributed by atoms with van der Waals surface area (Å²) in [4.78, 5) is 24.9. The lowest BCUT2D eigenvalue weighted by atomic mass is 9.81. The Morgan fingerprint density at radius 1 is 0.926 bits per heavy atom. The van der Waals surface area contributed by atoms with Crippen LogP contribution in [0.25, 0.3) is 0 Å². The van der Waals surface area contributed by atoms with Crippen LogP contribution < -0.4 is 10.6 Å². The van der Waals surface area contributed by atoms with E-state index in [1.54, 1.807) is 0 Å². The Morgan fingerprint density at radius 3 is 2.15 bits per heavy atom. The molecular formula is C22H25ClN2O2. The van der Waals surface area contributed by atoms with E-state index in [0.717, 1.165) is 42.5 Å². The van der Waals surface area contributed by atoms with Crippen molar-refractivity contribution >= 4 is 29.1 Å². The van der Waals surface area contributed by atoms with Gasteiger partial charge in [-0.15, -0.1) is 0 Å². The first kappa shape index (κ1) is 19.4. The quantitative estimate of drug-likeness (QED) is 0.784. The minimum Gasteiger partial charge on any atom is -0.352 e. The molecule has 1 aliphatic rings. The van der Waals surface area contributed by atoms with E-state index in [-0.39, 0.29) is 23.7 Å². The average molecular weight is 385 g/mol. The van der Waals surface area contributed by atoms with Crippen molar-refractivity contribution in [1.29, 1.82) is 0 Å². The van der Waals surface area contributed by atoms with Crippen molar-refractivity contribution in [3.8, 4) is 0 Å². The van der Waals surface area contributed by atoms with E-state index >= 15 is 0 Å². The number of benzene rings is 2. The first-order valence-electron chi connectivity index (χ1n) is 9.41.